The lowest BCUT2D eigenvalue weighted by Crippen LogP contribution is -2.42. The molecule has 1 amide bonds. The van der Waals surface area contributed by atoms with E-state index < -0.39 is 0 Å². The Bertz CT molecular complexity index is 539. The van der Waals surface area contributed by atoms with Crippen molar-refractivity contribution in [3.63, 3.8) is 0 Å². The minimum absolute atomic E-state index is 0.0983. The van der Waals surface area contributed by atoms with E-state index in [2.05, 4.69) is 23.2 Å². The predicted molar refractivity (Wildman–Crippen MR) is 102 cm³/mol. The lowest BCUT2D eigenvalue weighted by Gasteiger charge is -2.32. The summed E-state index contributed by atoms with van der Waals surface area (Å²) >= 11 is 0. The van der Waals surface area contributed by atoms with Crippen LogP contribution in [0, 0.1) is 12.8 Å². The van der Waals surface area contributed by atoms with Crippen LogP contribution in [0.3, 0.4) is 0 Å². The normalized spacial score (nSPS) is 17.6. The average molecular weight is 348 g/mol. The van der Waals surface area contributed by atoms with Crippen molar-refractivity contribution < 1.29 is 9.53 Å². The molecule has 25 heavy (non-hydrogen) atoms. The van der Waals surface area contributed by atoms with Gasteiger partial charge in [0.2, 0.25) is 5.91 Å². The third-order valence-electron chi connectivity index (χ3n) is 5.13. The fourth-order valence-electron chi connectivity index (χ4n) is 3.52. The monoisotopic (exact) mass is 347 g/mol. The number of rotatable bonds is 8. The van der Waals surface area contributed by atoms with Crippen molar-refractivity contribution in [2.45, 2.75) is 25.8 Å². The quantitative estimate of drug-likeness (QED) is 0.782. The molecule has 1 N–H and O–H groups in total. The highest BCUT2D eigenvalue weighted by Gasteiger charge is 2.25. The summed E-state index contributed by atoms with van der Waals surface area (Å²) in [7, 11) is 5.67. The van der Waals surface area contributed by atoms with Gasteiger partial charge in [0.05, 0.1) is 6.61 Å². The minimum Gasteiger partial charge on any atom is -0.383 e. The summed E-state index contributed by atoms with van der Waals surface area (Å²) in [6, 6.07) is 7.90. The van der Waals surface area contributed by atoms with Crippen molar-refractivity contribution in [3.8, 4) is 0 Å². The number of likely N-dealkylation sites (tertiary alicyclic amines) is 1. The maximum absolute atomic E-state index is 12.8. The van der Waals surface area contributed by atoms with Crippen LogP contribution in [-0.4, -0.2) is 69.7 Å². The van der Waals surface area contributed by atoms with E-state index in [-0.39, 0.29) is 11.9 Å². The standard InChI is InChI=1S/C20H33N3O2/c1-16-7-5-6-8-18(16)19(22(2)3)20(24)21-15-17-9-11-23(12-10-17)13-14-25-4/h5-8,17,19H,9-15H2,1-4H3,(H,21,24). The van der Waals surface area contributed by atoms with Gasteiger partial charge >= 0.3 is 0 Å². The first-order valence-electron chi connectivity index (χ1n) is 9.24. The zero-order valence-electron chi connectivity index (χ0n) is 16.1. The van der Waals surface area contributed by atoms with Crippen molar-refractivity contribution in [3.05, 3.63) is 35.4 Å². The van der Waals surface area contributed by atoms with Gasteiger partial charge in [-0.2, -0.15) is 0 Å². The van der Waals surface area contributed by atoms with Gasteiger partial charge in [0.15, 0.2) is 0 Å². The fourth-order valence-corrected chi connectivity index (χ4v) is 3.52. The number of ether oxygens (including phenoxy) is 1. The molecule has 1 unspecified atom stereocenters. The molecular formula is C20H33N3O2. The second-order valence-corrected chi connectivity index (χ2v) is 7.25. The number of methoxy groups -OCH3 is 1. The van der Waals surface area contributed by atoms with Crippen LogP contribution in [0.2, 0.25) is 0 Å². The molecule has 5 nitrogen and oxygen atoms in total. The molecule has 0 aliphatic carbocycles. The molecule has 1 aliphatic heterocycles. The number of amides is 1. The molecule has 140 valence electrons. The highest BCUT2D eigenvalue weighted by molar-refractivity contribution is 5.83. The van der Waals surface area contributed by atoms with Crippen LogP contribution >= 0.6 is 0 Å². The van der Waals surface area contributed by atoms with Gasteiger partial charge in [-0.25, -0.2) is 0 Å². The van der Waals surface area contributed by atoms with Gasteiger partial charge in [-0.3, -0.25) is 9.69 Å². The van der Waals surface area contributed by atoms with Crippen molar-refractivity contribution in [1.82, 2.24) is 15.1 Å². The zero-order chi connectivity index (χ0) is 18.2. The van der Waals surface area contributed by atoms with Crippen LogP contribution in [0.25, 0.3) is 0 Å². The Kier molecular flexibility index (Phi) is 7.88. The molecule has 1 atom stereocenters. The number of hydrogen-bond acceptors (Lipinski definition) is 4. The number of aryl methyl sites for hydroxylation is 1. The first kappa shape index (κ1) is 19.9. The first-order valence-corrected chi connectivity index (χ1v) is 9.24. The van der Waals surface area contributed by atoms with Gasteiger partial charge in [0.1, 0.15) is 6.04 Å². The largest absolute Gasteiger partial charge is 0.383 e. The summed E-state index contributed by atoms with van der Waals surface area (Å²) in [6.07, 6.45) is 2.28. The van der Waals surface area contributed by atoms with Gasteiger partial charge < -0.3 is 15.0 Å². The molecule has 1 aromatic carbocycles. The lowest BCUT2D eigenvalue weighted by molar-refractivity contribution is -0.126. The number of piperidine rings is 1. The Balaban J connectivity index is 1.85. The van der Waals surface area contributed by atoms with Gasteiger partial charge in [0, 0.05) is 20.2 Å². The van der Waals surface area contributed by atoms with Crippen molar-refractivity contribution in [2.75, 3.05) is 54.0 Å². The van der Waals surface area contributed by atoms with Crippen LogP contribution in [0.4, 0.5) is 0 Å². The molecule has 1 fully saturated rings. The van der Waals surface area contributed by atoms with Crippen molar-refractivity contribution in [2.24, 2.45) is 5.92 Å². The smallest absolute Gasteiger partial charge is 0.241 e. The van der Waals surface area contributed by atoms with Gasteiger partial charge in [0.25, 0.3) is 0 Å². The molecule has 1 aliphatic rings. The molecule has 1 heterocycles. The summed E-state index contributed by atoms with van der Waals surface area (Å²) in [5.74, 6) is 0.670. The SMILES string of the molecule is COCCN1CCC(CNC(=O)C(c2ccccc2C)N(C)C)CC1. The van der Waals surface area contributed by atoms with Crippen LogP contribution in [0.1, 0.15) is 30.0 Å². The average Bonchev–Trinajstić information content (AvgIpc) is 2.60. The fraction of sp³-hybridized carbons (Fsp3) is 0.650. The Morgan fingerprint density at radius 1 is 1.32 bits per heavy atom. The third kappa shape index (κ3) is 5.80. The first-order chi connectivity index (χ1) is 12.0. The van der Waals surface area contributed by atoms with E-state index in [1.807, 2.05) is 37.2 Å². The summed E-state index contributed by atoms with van der Waals surface area (Å²) in [6.45, 7) is 6.83. The van der Waals surface area contributed by atoms with Crippen molar-refractivity contribution in [1.29, 1.82) is 0 Å². The number of carbonyl (C=O) groups is 1. The summed E-state index contributed by atoms with van der Waals surface area (Å²) < 4.78 is 5.15. The molecule has 0 radical (unpaired) electrons. The van der Waals surface area contributed by atoms with E-state index in [9.17, 15) is 4.79 Å². The van der Waals surface area contributed by atoms with E-state index in [1.165, 1.54) is 0 Å². The Morgan fingerprint density at radius 2 is 2.00 bits per heavy atom. The molecule has 1 aromatic rings. The molecule has 0 bridgehead atoms. The van der Waals surface area contributed by atoms with E-state index in [1.54, 1.807) is 7.11 Å². The van der Waals surface area contributed by atoms with Crippen LogP contribution in [0.15, 0.2) is 24.3 Å². The Labute approximate surface area is 152 Å². The number of nitrogens with one attached hydrogen (secondary N) is 1. The van der Waals surface area contributed by atoms with E-state index in [4.69, 9.17) is 4.74 Å². The van der Waals surface area contributed by atoms with E-state index in [0.717, 1.165) is 56.8 Å². The molecule has 0 spiro atoms. The Morgan fingerprint density at radius 3 is 2.60 bits per heavy atom. The number of carbonyl (C=O) groups excluding carboxylic acids is 1. The van der Waals surface area contributed by atoms with Gasteiger partial charge in [-0.05, 0) is 64.0 Å². The highest BCUT2D eigenvalue weighted by Crippen LogP contribution is 2.22. The predicted octanol–water partition coefficient (Wildman–Crippen LogP) is 2.07. The topological polar surface area (TPSA) is 44.8 Å². The number of benzene rings is 1. The second-order valence-electron chi connectivity index (χ2n) is 7.25. The second kappa shape index (κ2) is 9.90. The number of hydrogen-bond donors (Lipinski definition) is 1. The molecule has 0 saturated carbocycles. The lowest BCUT2D eigenvalue weighted by atomic mass is 9.96. The number of likely N-dealkylation sites (N-methyl/N-ethyl adjacent to an activating group) is 1. The summed E-state index contributed by atoms with van der Waals surface area (Å²) in [5.41, 5.74) is 2.24. The van der Waals surface area contributed by atoms with E-state index in [0.29, 0.717) is 5.92 Å². The zero-order valence-corrected chi connectivity index (χ0v) is 16.1. The maximum Gasteiger partial charge on any atom is 0.241 e. The minimum atomic E-state index is -0.233. The van der Waals surface area contributed by atoms with E-state index >= 15 is 0 Å². The van der Waals surface area contributed by atoms with Crippen molar-refractivity contribution >= 4 is 5.91 Å². The molecular weight excluding hydrogens is 314 g/mol. The van der Waals surface area contributed by atoms with Crippen LogP contribution < -0.4 is 5.32 Å². The van der Waals surface area contributed by atoms with Gasteiger partial charge in [-0.15, -0.1) is 0 Å². The maximum atomic E-state index is 12.8. The molecule has 1 saturated heterocycles. The third-order valence-corrected chi connectivity index (χ3v) is 5.13. The summed E-state index contributed by atoms with van der Waals surface area (Å²) in [5, 5.41) is 3.19. The number of nitrogens with zero attached hydrogens (tertiary/aromatic N) is 2. The highest BCUT2D eigenvalue weighted by atomic mass is 16.5. The molecule has 5 heteroatoms. The summed E-state index contributed by atoms with van der Waals surface area (Å²) in [4.78, 5) is 17.2. The van der Waals surface area contributed by atoms with Crippen LogP contribution in [0.5, 0.6) is 0 Å². The van der Waals surface area contributed by atoms with Crippen LogP contribution in [-0.2, 0) is 9.53 Å². The van der Waals surface area contributed by atoms with Gasteiger partial charge in [-0.1, -0.05) is 24.3 Å². The molecule has 0 aromatic heterocycles. The molecule has 2 rings (SSSR count). The Hall–Kier alpha value is -1.43.